The molecule has 40 heteroatoms. The Labute approximate surface area is 590 Å². The number of carbonyl (C=O) groups excluding carboxylic acids is 6. The molecular formula is C62H88N10O26S4. The standard InChI is InChI=1S/C62H88N10O26S4/c1-40-29-47(30-41(2)59(40)102(96,97)68-49(62(85)86)32-64-60(83)44-14-11-42(12-15-44)13-17-46-18-16-43-7-3-4-8-48(43)65-46)98-28-6-10-54(75)63-19-5-9-52(73)50(38-100(90,91)92)67-61(84)45(37-99(87,88)89)31-53(74)51(39-101(93,94)95)66-55(76)33-69-20-22-70(34-56(77)78)24-26-72(36-58(81)82)27-25-71(23-21-69)35-57(79)80/h11-12,14-16,18,29-30,45,49-51,68H,3-10,13,17,19-28,31-39H2,1-2H3,(H,63,75)(H,64,83)(H,66,76)(H,67,84)(H,77,78)(H,79,80)(H,81,82)(H,85,86)(H,87,88,89)(H,90,91,92)(H,93,94,95)/t45-,49?,50-,51?/m0/s1. The van der Waals surface area contributed by atoms with Gasteiger partial charge in [0.2, 0.25) is 27.7 Å². The molecule has 5 rings (SSSR count). The van der Waals surface area contributed by atoms with Gasteiger partial charge in [-0.3, -0.25) is 86.2 Å². The Hall–Kier alpha value is -8.03. The molecule has 4 atom stereocenters. The van der Waals surface area contributed by atoms with E-state index in [4.69, 9.17) is 9.72 Å². The molecule has 1 aliphatic carbocycles. The van der Waals surface area contributed by atoms with Gasteiger partial charge in [-0.15, -0.1) is 0 Å². The van der Waals surface area contributed by atoms with Crippen molar-refractivity contribution in [2.24, 2.45) is 5.92 Å². The van der Waals surface area contributed by atoms with Gasteiger partial charge >= 0.3 is 23.9 Å². The van der Waals surface area contributed by atoms with E-state index in [1.165, 1.54) is 51.1 Å². The van der Waals surface area contributed by atoms with Gasteiger partial charge in [0, 0.05) is 102 Å². The van der Waals surface area contributed by atoms with Crippen molar-refractivity contribution in [2.45, 2.75) is 107 Å². The molecule has 0 bridgehead atoms. The zero-order valence-electron chi connectivity index (χ0n) is 56.2. The molecule has 0 radical (unpaired) electrons. The summed E-state index contributed by atoms with van der Waals surface area (Å²) in [5.74, 6) is -18.7. The van der Waals surface area contributed by atoms with Crippen molar-refractivity contribution in [3.05, 3.63) is 87.7 Å². The van der Waals surface area contributed by atoms with Crippen molar-refractivity contribution in [1.82, 2.24) is 50.6 Å². The third-order valence-corrected chi connectivity index (χ3v) is 20.5. The van der Waals surface area contributed by atoms with Crippen LogP contribution in [0, 0.1) is 19.8 Å². The first-order chi connectivity index (χ1) is 47.7. The Morgan fingerprint density at radius 1 is 0.559 bits per heavy atom. The Morgan fingerprint density at radius 2 is 1.07 bits per heavy atom. The van der Waals surface area contributed by atoms with Gasteiger partial charge < -0.3 is 46.4 Å². The predicted octanol–water partition coefficient (Wildman–Crippen LogP) is -2.17. The van der Waals surface area contributed by atoms with Crippen molar-refractivity contribution in [1.29, 1.82) is 0 Å². The first-order valence-corrected chi connectivity index (χ1v) is 38.7. The highest BCUT2D eigenvalue weighted by molar-refractivity contribution is 7.89. The highest BCUT2D eigenvalue weighted by Gasteiger charge is 2.37. The molecule has 566 valence electrons. The summed E-state index contributed by atoms with van der Waals surface area (Å²) in [4.78, 5) is 138. The number of carbonyl (C=O) groups is 10. The largest absolute Gasteiger partial charge is 0.494 e. The summed E-state index contributed by atoms with van der Waals surface area (Å²) in [5, 5.41) is 47.5. The van der Waals surface area contributed by atoms with Crippen molar-refractivity contribution >= 4 is 99.5 Å². The Balaban J connectivity index is 1.11. The van der Waals surface area contributed by atoms with Crippen molar-refractivity contribution in [2.75, 3.05) is 115 Å². The van der Waals surface area contributed by atoms with Gasteiger partial charge in [-0.2, -0.15) is 30.0 Å². The number of pyridine rings is 1. The minimum atomic E-state index is -5.27. The van der Waals surface area contributed by atoms with Crippen LogP contribution < -0.4 is 30.7 Å². The van der Waals surface area contributed by atoms with Crippen LogP contribution in [0.5, 0.6) is 5.75 Å². The van der Waals surface area contributed by atoms with Crippen molar-refractivity contribution in [3.8, 4) is 5.75 Å². The maximum absolute atomic E-state index is 13.8. The van der Waals surface area contributed by atoms with Crippen LogP contribution in [0.3, 0.4) is 0 Å². The number of rotatable bonds is 40. The van der Waals surface area contributed by atoms with Crippen molar-refractivity contribution in [3.63, 3.8) is 0 Å². The third-order valence-electron chi connectivity index (χ3n) is 16.4. The Kier molecular flexibility index (Phi) is 32.8. The van der Waals surface area contributed by atoms with Crippen LogP contribution in [0.1, 0.15) is 88.9 Å². The first kappa shape index (κ1) is 84.6. The number of sulfonamides is 1. The summed E-state index contributed by atoms with van der Waals surface area (Å²) in [7, 11) is -20.2. The average molecular weight is 1520 g/mol. The number of aliphatic carboxylic acids is 4. The Bertz CT molecular complexity index is 3920. The number of carboxylic acids is 4. The van der Waals surface area contributed by atoms with Crippen LogP contribution in [-0.4, -0.2) is 285 Å². The molecule has 2 heterocycles. The summed E-state index contributed by atoms with van der Waals surface area (Å²) in [6, 6.07) is 7.44. The third kappa shape index (κ3) is 31.3. The average Bonchev–Trinajstić information content (AvgIpc) is 0.791. The van der Waals surface area contributed by atoms with E-state index in [1.807, 2.05) is 11.4 Å². The molecule has 3 aromatic rings. The Morgan fingerprint density at radius 3 is 1.58 bits per heavy atom. The van der Waals surface area contributed by atoms with E-state index in [0.717, 1.165) is 42.6 Å². The number of amides is 4. The van der Waals surface area contributed by atoms with Gasteiger partial charge in [-0.25, -0.2) is 8.42 Å². The molecule has 0 saturated carbocycles. The molecule has 0 spiro atoms. The van der Waals surface area contributed by atoms with Gasteiger partial charge in [0.1, 0.15) is 35.4 Å². The van der Waals surface area contributed by atoms with Gasteiger partial charge in [0.15, 0.2) is 11.6 Å². The van der Waals surface area contributed by atoms with Gasteiger partial charge in [-0.05, 0) is 118 Å². The van der Waals surface area contributed by atoms with Gasteiger partial charge in [0.25, 0.3) is 36.3 Å². The van der Waals surface area contributed by atoms with Gasteiger partial charge in [-0.1, -0.05) is 18.2 Å². The lowest BCUT2D eigenvalue weighted by Crippen LogP contribution is -2.53. The summed E-state index contributed by atoms with van der Waals surface area (Å²) in [6.07, 6.45) is 3.33. The number of ether oxygens (including phenoxy) is 1. The number of carboxylic acid groups (broad SMARTS) is 4. The van der Waals surface area contributed by atoms with Crippen molar-refractivity contribution < 1.29 is 120 Å². The van der Waals surface area contributed by atoms with E-state index in [9.17, 15) is 116 Å². The molecule has 102 heavy (non-hydrogen) atoms. The van der Waals surface area contributed by atoms with E-state index < -0.39 is 186 Å². The molecule has 12 N–H and O–H groups in total. The van der Waals surface area contributed by atoms with Crippen LogP contribution in [0.25, 0.3) is 0 Å². The number of hydrogen-bond donors (Lipinski definition) is 12. The summed E-state index contributed by atoms with van der Waals surface area (Å²) in [6.45, 7) is -0.651. The van der Waals surface area contributed by atoms with E-state index in [2.05, 4.69) is 26.7 Å². The molecule has 1 fully saturated rings. The lowest BCUT2D eigenvalue weighted by molar-refractivity contribution is -0.140. The molecule has 2 aromatic carbocycles. The maximum atomic E-state index is 13.8. The second kappa shape index (κ2) is 39.6. The minimum absolute atomic E-state index is 0.00174. The molecule has 2 aliphatic rings. The summed E-state index contributed by atoms with van der Waals surface area (Å²) in [5.41, 5.74) is 4.92. The molecule has 2 unspecified atom stereocenters. The predicted molar refractivity (Wildman–Crippen MR) is 362 cm³/mol. The number of nitrogens with zero attached hydrogens (tertiary/aromatic N) is 5. The fraction of sp³-hybridized carbons (Fsp3) is 0.565. The fourth-order valence-electron chi connectivity index (χ4n) is 11.4. The zero-order chi connectivity index (χ0) is 75.7. The second-order valence-corrected chi connectivity index (χ2v) is 31.0. The second-order valence-electron chi connectivity index (χ2n) is 24.9. The molecule has 1 saturated heterocycles. The molecule has 36 nitrogen and oxygen atoms in total. The highest BCUT2D eigenvalue weighted by Crippen LogP contribution is 2.27. The first-order valence-electron chi connectivity index (χ1n) is 32.4. The van der Waals surface area contributed by atoms with E-state index in [-0.39, 0.29) is 112 Å². The molecule has 4 amide bonds. The highest BCUT2D eigenvalue weighted by atomic mass is 32.2. The molecule has 1 aliphatic heterocycles. The molecular weight excluding hydrogens is 1430 g/mol. The minimum Gasteiger partial charge on any atom is -0.494 e. The number of nitrogens with one attached hydrogen (secondary N) is 5. The monoisotopic (exact) mass is 1520 g/mol. The number of benzene rings is 2. The topological polar surface area (TPSA) is 544 Å². The number of Topliss-reactive ketones (excluding diaryl/α,β-unsaturated/α-hetero) is 2. The summed E-state index contributed by atoms with van der Waals surface area (Å²) < 4.78 is 138. The number of ketones is 2. The van der Waals surface area contributed by atoms with E-state index in [1.54, 1.807) is 24.3 Å². The normalized spacial score (nSPS) is 16.1. The quantitative estimate of drug-likeness (QED) is 0.0213. The fourth-order valence-corrected chi connectivity index (χ4v) is 15.2. The molecule has 1 aromatic heterocycles. The lowest BCUT2D eigenvalue weighted by Gasteiger charge is -2.33. The lowest BCUT2D eigenvalue weighted by atomic mass is 9.95. The zero-order valence-corrected chi connectivity index (χ0v) is 59.5. The van der Waals surface area contributed by atoms with Crippen LogP contribution >= 0.6 is 0 Å². The number of fused-ring (bicyclic) bond motifs is 1. The smallest absolute Gasteiger partial charge is 0.323 e. The number of aromatic nitrogens is 1. The van der Waals surface area contributed by atoms with Crippen LogP contribution in [0.15, 0.2) is 53.4 Å². The van der Waals surface area contributed by atoms with E-state index in [0.29, 0.717) is 12.8 Å². The van der Waals surface area contributed by atoms with E-state index >= 15 is 0 Å². The van der Waals surface area contributed by atoms with Crippen LogP contribution in [0.4, 0.5) is 0 Å². The summed E-state index contributed by atoms with van der Waals surface area (Å²) >= 11 is 0. The SMILES string of the molecule is Cc1cc(OCCCC(=O)NCCCC(=O)[C@H](CS(=O)(=O)O)NC(=O)[C@@H](CC(=O)C(CS(=O)(=O)O)NC(=O)CN2CCN(CC(=O)O)CCN(CC(=O)O)CCN(CC(=O)O)CC2)CS(=O)(=O)O)cc(C)c1S(=O)(=O)NC(CNC(=O)c1ccc(CCc2ccc3c(n2)CCCC3)cc1)C(=O)O. The maximum Gasteiger partial charge on any atom is 0.323 e. The number of hydrogen-bond acceptors (Lipinski definition) is 24. The van der Waals surface area contributed by atoms with Crippen LogP contribution in [-0.2, 0) is 109 Å². The number of aryl methyl sites for hydroxylation is 6. The van der Waals surface area contributed by atoms with Gasteiger partial charge in [0.05, 0.1) is 49.4 Å². The van der Waals surface area contributed by atoms with Crippen LogP contribution in [0.2, 0.25) is 0 Å².